The zero-order chi connectivity index (χ0) is 24.5. The van der Waals surface area contributed by atoms with Crippen molar-refractivity contribution >= 4 is 5.78 Å². The van der Waals surface area contributed by atoms with Gasteiger partial charge in [0.2, 0.25) is 0 Å². The summed E-state index contributed by atoms with van der Waals surface area (Å²) in [5.74, 6) is 2.05. The molecule has 180 valence electrons. The largest absolute Gasteiger partial charge is 0.298 e. The summed E-state index contributed by atoms with van der Waals surface area (Å²) in [6, 6.07) is 0. The van der Waals surface area contributed by atoms with Gasteiger partial charge in [0.1, 0.15) is 5.78 Å². The highest BCUT2D eigenvalue weighted by Crippen LogP contribution is 2.76. The van der Waals surface area contributed by atoms with Gasteiger partial charge in [-0.2, -0.15) is 0 Å². The predicted octanol–water partition coefficient (Wildman–Crippen LogP) is 8.81. The average molecular weight is 439 g/mol. The third-order valence-corrected chi connectivity index (χ3v) is 12.1. The zero-order valence-corrected chi connectivity index (χ0v) is 22.7. The molecule has 3 rings (SSSR count). The van der Waals surface area contributed by atoms with E-state index in [1.165, 1.54) is 31.3 Å². The molecule has 32 heavy (non-hydrogen) atoms. The second-order valence-corrected chi connectivity index (χ2v) is 13.3. The van der Waals surface area contributed by atoms with Gasteiger partial charge in [0.25, 0.3) is 0 Å². The fraction of sp³-hybridized carbons (Fsp3) is 0.774. The molecule has 0 N–H and O–H groups in total. The van der Waals surface area contributed by atoms with Crippen LogP contribution in [0.25, 0.3) is 0 Å². The van der Waals surface area contributed by atoms with Gasteiger partial charge in [0.05, 0.1) is 0 Å². The first kappa shape index (κ1) is 25.5. The quantitative estimate of drug-likeness (QED) is 0.392. The number of ketones is 1. The lowest BCUT2D eigenvalue weighted by Crippen LogP contribution is -2.65. The van der Waals surface area contributed by atoms with Crippen molar-refractivity contribution < 1.29 is 4.79 Å². The number of hydrogen-bond donors (Lipinski definition) is 0. The summed E-state index contributed by atoms with van der Waals surface area (Å²) in [6.07, 6.45) is 8.69. The minimum atomic E-state index is -0.539. The molecule has 3 fully saturated rings. The third kappa shape index (κ3) is 2.98. The lowest BCUT2D eigenvalue weighted by atomic mass is 9.32. The van der Waals surface area contributed by atoms with E-state index in [-0.39, 0.29) is 22.2 Å². The summed E-state index contributed by atoms with van der Waals surface area (Å²) in [4.78, 5) is 13.9. The Morgan fingerprint density at radius 2 is 1.69 bits per heavy atom. The van der Waals surface area contributed by atoms with E-state index in [1.54, 1.807) is 0 Å². The molecule has 0 radical (unpaired) electrons. The minimum absolute atomic E-state index is 0.0797. The summed E-state index contributed by atoms with van der Waals surface area (Å²) < 4.78 is 0. The molecule has 1 nitrogen and oxygen atoms in total. The number of rotatable bonds is 5. The molecule has 0 aromatic rings. The van der Waals surface area contributed by atoms with Crippen molar-refractivity contribution in [1.29, 1.82) is 0 Å². The Kier molecular flexibility index (Phi) is 6.15. The van der Waals surface area contributed by atoms with E-state index >= 15 is 0 Å². The van der Waals surface area contributed by atoms with Crippen LogP contribution in [0.4, 0.5) is 0 Å². The van der Waals surface area contributed by atoms with Gasteiger partial charge in [-0.3, -0.25) is 4.79 Å². The first-order chi connectivity index (χ1) is 14.6. The van der Waals surface area contributed by atoms with Crippen molar-refractivity contribution in [1.82, 2.24) is 0 Å². The first-order valence-corrected chi connectivity index (χ1v) is 13.1. The summed E-state index contributed by atoms with van der Waals surface area (Å²) in [6.45, 7) is 34.7. The molecule has 3 aliphatic carbocycles. The fourth-order valence-electron chi connectivity index (χ4n) is 9.05. The van der Waals surface area contributed by atoms with Crippen molar-refractivity contribution in [2.45, 2.75) is 101 Å². The molecule has 0 aromatic heterocycles. The van der Waals surface area contributed by atoms with Crippen molar-refractivity contribution in [3.63, 3.8) is 0 Å². The van der Waals surface area contributed by atoms with Gasteiger partial charge in [-0.25, -0.2) is 0 Å². The second-order valence-electron chi connectivity index (χ2n) is 13.3. The Morgan fingerprint density at radius 1 is 1.09 bits per heavy atom. The molecule has 3 aliphatic rings. The highest BCUT2D eigenvalue weighted by Gasteiger charge is 2.69. The second kappa shape index (κ2) is 7.71. The van der Waals surface area contributed by atoms with Crippen LogP contribution in [0.15, 0.2) is 37.0 Å². The molecule has 1 heteroatoms. The number of hydrogen-bond acceptors (Lipinski definition) is 1. The van der Waals surface area contributed by atoms with E-state index in [0.717, 1.165) is 24.3 Å². The monoisotopic (exact) mass is 438 g/mol. The number of allylic oxidation sites excluding steroid dienone is 3. The first-order valence-electron chi connectivity index (χ1n) is 13.1. The highest BCUT2D eigenvalue weighted by molar-refractivity contribution is 5.91. The van der Waals surface area contributed by atoms with E-state index in [1.807, 2.05) is 13.0 Å². The van der Waals surface area contributed by atoms with Crippen molar-refractivity contribution in [2.24, 2.45) is 50.7 Å². The minimum Gasteiger partial charge on any atom is -0.298 e. The SMILES string of the molecule is C=CC(C)C(=O)[C@@]1(C)CC2C3(C)CCC(C)C(C)(C)C3CCC2(C)[C@](C)(C(=C)CC)C1=C. The third-order valence-electron chi connectivity index (χ3n) is 12.1. The predicted molar refractivity (Wildman–Crippen MR) is 138 cm³/mol. The van der Waals surface area contributed by atoms with Crippen molar-refractivity contribution in [3.05, 3.63) is 37.0 Å². The van der Waals surface area contributed by atoms with Crippen LogP contribution in [-0.4, -0.2) is 5.78 Å². The molecule has 0 amide bonds. The Balaban J connectivity index is 2.25. The Hall–Kier alpha value is -1.11. The molecular weight excluding hydrogens is 388 g/mol. The van der Waals surface area contributed by atoms with Gasteiger partial charge in [0.15, 0.2) is 0 Å². The molecule has 0 aromatic carbocycles. The maximum atomic E-state index is 13.9. The molecule has 3 saturated carbocycles. The van der Waals surface area contributed by atoms with Gasteiger partial charge >= 0.3 is 0 Å². The highest BCUT2D eigenvalue weighted by atomic mass is 16.1. The lowest BCUT2D eigenvalue weighted by molar-refractivity contribution is -0.195. The van der Waals surface area contributed by atoms with Crippen LogP contribution in [0.2, 0.25) is 0 Å². The summed E-state index contributed by atoms with van der Waals surface area (Å²) >= 11 is 0. The maximum Gasteiger partial charge on any atom is 0.149 e. The van der Waals surface area contributed by atoms with Gasteiger partial charge in [-0.05, 0) is 79.4 Å². The van der Waals surface area contributed by atoms with E-state index < -0.39 is 5.41 Å². The van der Waals surface area contributed by atoms with Crippen LogP contribution in [-0.2, 0) is 4.79 Å². The molecule has 0 saturated heterocycles. The maximum absolute atomic E-state index is 13.9. The van der Waals surface area contributed by atoms with Crippen molar-refractivity contribution in [3.8, 4) is 0 Å². The number of fused-ring (bicyclic) bond motifs is 3. The molecule has 0 bridgehead atoms. The zero-order valence-electron chi connectivity index (χ0n) is 22.7. The van der Waals surface area contributed by atoms with Crippen LogP contribution in [0, 0.1) is 50.7 Å². The molecule has 0 heterocycles. The number of carbonyl (C=O) groups excluding carboxylic acids is 1. The number of carbonyl (C=O) groups is 1. The topological polar surface area (TPSA) is 17.1 Å². The molecule has 0 spiro atoms. The van der Waals surface area contributed by atoms with E-state index in [4.69, 9.17) is 6.58 Å². The molecule has 6 unspecified atom stereocenters. The standard InChI is InChI=1S/C31H50O/c1-13-20(3)26(32)29(10)19-25-28(9)17-15-22(5)27(7,8)24(28)16-18-30(25,11)31(12,23(29)6)21(4)14-2/h13,20,22,24-25H,1,4,6,14-19H2,2-3,5,7-12H3/t20?,22?,24?,25?,28?,29-,30?,31+/m0/s1. The van der Waals surface area contributed by atoms with E-state index in [2.05, 4.69) is 68.5 Å². The molecule has 8 atom stereocenters. The van der Waals surface area contributed by atoms with Crippen molar-refractivity contribution in [2.75, 3.05) is 0 Å². The Bertz CT molecular complexity index is 831. The number of Topliss-reactive ketones (excluding diaryl/α,β-unsaturated/α-hetero) is 1. The van der Waals surface area contributed by atoms with Crippen LogP contribution in [0.1, 0.15) is 101 Å². The van der Waals surface area contributed by atoms with Gasteiger partial charge in [-0.1, -0.05) is 85.8 Å². The fourth-order valence-corrected chi connectivity index (χ4v) is 9.05. The van der Waals surface area contributed by atoms with Crippen LogP contribution >= 0.6 is 0 Å². The summed E-state index contributed by atoms with van der Waals surface area (Å²) in [7, 11) is 0. The normalized spacial score (nSPS) is 46.5. The van der Waals surface area contributed by atoms with E-state index in [0.29, 0.717) is 23.0 Å². The average Bonchev–Trinajstić information content (AvgIpc) is 2.75. The smallest absolute Gasteiger partial charge is 0.149 e. The van der Waals surface area contributed by atoms with Gasteiger partial charge in [-0.15, -0.1) is 6.58 Å². The Morgan fingerprint density at radius 3 is 2.22 bits per heavy atom. The molecular formula is C31H50O. The van der Waals surface area contributed by atoms with Crippen LogP contribution < -0.4 is 0 Å². The lowest BCUT2D eigenvalue weighted by Gasteiger charge is -2.72. The molecule has 0 aliphatic heterocycles. The van der Waals surface area contributed by atoms with Gasteiger partial charge in [0, 0.05) is 16.7 Å². The summed E-state index contributed by atoms with van der Waals surface area (Å²) in [5, 5.41) is 0. The van der Waals surface area contributed by atoms with Crippen LogP contribution in [0.3, 0.4) is 0 Å². The summed E-state index contributed by atoms with van der Waals surface area (Å²) in [5.41, 5.74) is 2.23. The van der Waals surface area contributed by atoms with Crippen LogP contribution in [0.5, 0.6) is 0 Å². The van der Waals surface area contributed by atoms with E-state index in [9.17, 15) is 4.79 Å². The Labute approximate surface area is 199 Å². The van der Waals surface area contributed by atoms with Gasteiger partial charge < -0.3 is 0 Å².